The quantitative estimate of drug-likeness (QED) is 0.190. The maximum atomic E-state index is 12.6. The molecule has 3 aliphatic rings. The number of carbonyl (C=O) groups excluding carboxylic acids is 6. The molecule has 2 aliphatic heterocycles. The van der Waals surface area contributed by atoms with E-state index >= 15 is 0 Å². The summed E-state index contributed by atoms with van der Waals surface area (Å²) < 4.78 is 50.4. The zero-order valence-electron chi connectivity index (χ0n) is 26.5. The summed E-state index contributed by atoms with van der Waals surface area (Å²) in [6, 6.07) is 0. The normalized spacial score (nSPS) is 32.0. The summed E-state index contributed by atoms with van der Waals surface area (Å²) in [7, 11) is 1.22. The molecule has 0 aromatic carbocycles. The van der Waals surface area contributed by atoms with Gasteiger partial charge in [0.15, 0.2) is 18.3 Å². The topological polar surface area (TPSA) is 185 Å². The van der Waals surface area contributed by atoms with Gasteiger partial charge in [-0.1, -0.05) is 12.5 Å². The van der Waals surface area contributed by atoms with Gasteiger partial charge in [-0.3, -0.25) is 19.2 Å². The van der Waals surface area contributed by atoms with Gasteiger partial charge in [-0.15, -0.1) is 0 Å². The fourth-order valence-electron chi connectivity index (χ4n) is 5.81. The molecule has 1 saturated heterocycles. The fourth-order valence-corrected chi connectivity index (χ4v) is 5.81. The maximum absolute atomic E-state index is 12.6. The van der Waals surface area contributed by atoms with Crippen LogP contribution in [0.1, 0.15) is 54.9 Å². The van der Waals surface area contributed by atoms with Crippen LogP contribution in [0.4, 0.5) is 0 Å². The van der Waals surface area contributed by atoms with Crippen molar-refractivity contribution in [3.63, 3.8) is 0 Å². The van der Waals surface area contributed by atoms with Crippen molar-refractivity contribution in [3.05, 3.63) is 23.5 Å². The Morgan fingerprint density at radius 1 is 0.822 bits per heavy atom. The summed E-state index contributed by atoms with van der Waals surface area (Å²) in [5.41, 5.74) is 0.873. The maximum Gasteiger partial charge on any atom is 0.337 e. The molecule has 15 heteroatoms. The van der Waals surface area contributed by atoms with Crippen molar-refractivity contribution in [2.24, 2.45) is 17.8 Å². The first kappa shape index (κ1) is 35.5. The van der Waals surface area contributed by atoms with Crippen molar-refractivity contribution >= 4 is 35.8 Å². The molecule has 2 fully saturated rings. The predicted octanol–water partition coefficient (Wildman–Crippen LogP) is 1.65. The molecule has 0 aromatic heterocycles. The number of carbonyl (C=O) groups is 6. The van der Waals surface area contributed by atoms with Crippen LogP contribution in [0, 0.1) is 17.8 Å². The van der Waals surface area contributed by atoms with Crippen molar-refractivity contribution < 1.29 is 71.4 Å². The third kappa shape index (κ3) is 9.03. The van der Waals surface area contributed by atoms with E-state index in [-0.39, 0.29) is 12.0 Å². The van der Waals surface area contributed by atoms with Gasteiger partial charge in [-0.2, -0.15) is 0 Å². The molecule has 0 radical (unpaired) electrons. The second kappa shape index (κ2) is 15.3. The Balaban J connectivity index is 2.02. The van der Waals surface area contributed by atoms with Crippen molar-refractivity contribution in [2.75, 3.05) is 13.7 Å². The van der Waals surface area contributed by atoms with E-state index in [4.69, 9.17) is 42.6 Å². The molecule has 0 unspecified atom stereocenters. The standard InChI is InChI=1S/C30H40O15/c1-13(2)9-23(35)38-12-22-25(41-16(5)32)26(42-17(6)33)27(43-18(7)34)30(44-22)45-29-24-14(3)21(40-15(4)31)10-19(24)20(11-39-29)28(36)37-8/h9,11,14,19,21-22,24-27,29-30H,10,12H2,1-8H3/t14-,19+,21-,22+,24+,25+,26-,27+,29-,30-/m0/s1. The zero-order chi connectivity index (χ0) is 33.6. The Kier molecular flexibility index (Phi) is 12.1. The lowest BCUT2D eigenvalue weighted by molar-refractivity contribution is -0.345. The first-order valence-electron chi connectivity index (χ1n) is 14.4. The molecule has 0 aromatic rings. The number of hydrogen-bond donors (Lipinski definition) is 0. The predicted molar refractivity (Wildman–Crippen MR) is 148 cm³/mol. The largest absolute Gasteiger partial charge is 0.472 e. The molecule has 0 amide bonds. The minimum atomic E-state index is -1.53. The molecule has 250 valence electrons. The van der Waals surface area contributed by atoms with Crippen LogP contribution >= 0.6 is 0 Å². The van der Waals surface area contributed by atoms with E-state index < -0.39 is 103 Å². The van der Waals surface area contributed by atoms with Crippen LogP contribution in [0.15, 0.2) is 23.5 Å². The van der Waals surface area contributed by atoms with Crippen LogP contribution in [0.2, 0.25) is 0 Å². The van der Waals surface area contributed by atoms with Crippen molar-refractivity contribution in [1.82, 2.24) is 0 Å². The second-order valence-electron chi connectivity index (χ2n) is 11.2. The van der Waals surface area contributed by atoms with Gasteiger partial charge in [0.05, 0.1) is 18.9 Å². The Hall–Kier alpha value is -3.98. The molecular weight excluding hydrogens is 600 g/mol. The zero-order valence-corrected chi connectivity index (χ0v) is 26.5. The van der Waals surface area contributed by atoms with Crippen LogP contribution in [0.25, 0.3) is 0 Å². The molecule has 3 rings (SSSR count). The van der Waals surface area contributed by atoms with Crippen LogP contribution in [0.3, 0.4) is 0 Å². The monoisotopic (exact) mass is 640 g/mol. The average molecular weight is 641 g/mol. The van der Waals surface area contributed by atoms with Crippen molar-refractivity contribution in [1.29, 1.82) is 0 Å². The van der Waals surface area contributed by atoms with Gasteiger partial charge in [-0.05, 0) is 20.3 Å². The van der Waals surface area contributed by atoms with Gasteiger partial charge >= 0.3 is 35.8 Å². The highest BCUT2D eigenvalue weighted by Crippen LogP contribution is 2.49. The number of ether oxygens (including phenoxy) is 9. The van der Waals surface area contributed by atoms with Crippen LogP contribution in [-0.2, 0) is 71.4 Å². The summed E-state index contributed by atoms with van der Waals surface area (Å²) in [5, 5.41) is 0. The van der Waals surface area contributed by atoms with E-state index in [1.807, 2.05) is 0 Å². The third-order valence-electron chi connectivity index (χ3n) is 7.49. The smallest absolute Gasteiger partial charge is 0.337 e. The molecule has 1 aliphatic carbocycles. The molecular formula is C30H40O15. The first-order valence-corrected chi connectivity index (χ1v) is 14.4. The van der Waals surface area contributed by atoms with Crippen molar-refractivity contribution in [2.45, 2.75) is 98.0 Å². The van der Waals surface area contributed by atoms with Crippen LogP contribution in [0.5, 0.6) is 0 Å². The molecule has 2 heterocycles. The van der Waals surface area contributed by atoms with Gasteiger partial charge in [-0.25, -0.2) is 9.59 Å². The number of rotatable bonds is 10. The van der Waals surface area contributed by atoms with Gasteiger partial charge in [0.1, 0.15) is 18.8 Å². The van der Waals surface area contributed by atoms with Gasteiger partial charge < -0.3 is 42.6 Å². The highest BCUT2D eigenvalue weighted by Gasteiger charge is 2.57. The number of allylic oxidation sites excluding steroid dienone is 1. The summed E-state index contributed by atoms with van der Waals surface area (Å²) in [6.07, 6.45) is -6.21. The van der Waals surface area contributed by atoms with Gasteiger partial charge in [0, 0.05) is 51.5 Å². The van der Waals surface area contributed by atoms with E-state index in [0.29, 0.717) is 5.57 Å². The molecule has 0 spiro atoms. The molecule has 45 heavy (non-hydrogen) atoms. The molecule has 0 N–H and O–H groups in total. The number of fused-ring (bicyclic) bond motifs is 1. The Labute approximate surface area is 260 Å². The minimum absolute atomic E-state index is 0.210. The molecule has 0 bridgehead atoms. The Morgan fingerprint density at radius 3 is 1.96 bits per heavy atom. The first-order chi connectivity index (χ1) is 21.1. The highest BCUT2D eigenvalue weighted by atomic mass is 16.8. The average Bonchev–Trinajstić information content (AvgIpc) is 3.24. The Bertz CT molecular complexity index is 1220. The summed E-state index contributed by atoms with van der Waals surface area (Å²) in [6.45, 7) is 9.31. The third-order valence-corrected chi connectivity index (χ3v) is 7.49. The van der Waals surface area contributed by atoms with Crippen molar-refractivity contribution in [3.8, 4) is 0 Å². The lowest BCUT2D eigenvalue weighted by atomic mass is 9.83. The summed E-state index contributed by atoms with van der Waals surface area (Å²) in [4.78, 5) is 73.3. The number of methoxy groups -OCH3 is 1. The lowest BCUT2D eigenvalue weighted by Crippen LogP contribution is -2.63. The van der Waals surface area contributed by atoms with E-state index in [0.717, 1.165) is 20.8 Å². The second-order valence-corrected chi connectivity index (χ2v) is 11.2. The minimum Gasteiger partial charge on any atom is -0.472 e. The summed E-state index contributed by atoms with van der Waals surface area (Å²) in [5.74, 6) is -5.75. The van der Waals surface area contributed by atoms with Gasteiger partial charge in [0.25, 0.3) is 0 Å². The number of hydrogen-bond acceptors (Lipinski definition) is 15. The van der Waals surface area contributed by atoms with E-state index in [1.165, 1.54) is 26.4 Å². The summed E-state index contributed by atoms with van der Waals surface area (Å²) >= 11 is 0. The molecule has 10 atom stereocenters. The number of esters is 6. The van der Waals surface area contributed by atoms with E-state index in [1.54, 1.807) is 20.8 Å². The lowest BCUT2D eigenvalue weighted by Gasteiger charge is -2.46. The fraction of sp³-hybridized carbons (Fsp3) is 0.667. The van der Waals surface area contributed by atoms with E-state index in [2.05, 4.69) is 0 Å². The molecule has 15 nitrogen and oxygen atoms in total. The van der Waals surface area contributed by atoms with Crippen LogP contribution < -0.4 is 0 Å². The van der Waals surface area contributed by atoms with E-state index in [9.17, 15) is 28.8 Å². The molecule has 1 saturated carbocycles. The SMILES string of the molecule is COC(=O)C1=CO[C@@H](O[C@@H]2O[C@H](COC(=O)C=C(C)C)[C@@H](OC(C)=O)[C@H](OC(C)=O)[C@H]2OC(C)=O)[C@@H]2[C@@H](C)[C@@H](OC(C)=O)C[C@H]12. The highest BCUT2D eigenvalue weighted by molar-refractivity contribution is 5.89. The Morgan fingerprint density at radius 2 is 1.40 bits per heavy atom. The van der Waals surface area contributed by atoms with Crippen LogP contribution in [-0.4, -0.2) is 92.6 Å². The van der Waals surface area contributed by atoms with Gasteiger partial charge in [0.2, 0.25) is 12.6 Å².